The highest BCUT2D eigenvalue weighted by atomic mass is 16.2. The summed E-state index contributed by atoms with van der Waals surface area (Å²) in [5.74, 6) is 0. The van der Waals surface area contributed by atoms with E-state index in [4.69, 9.17) is 5.73 Å². The van der Waals surface area contributed by atoms with Crippen molar-refractivity contribution in [3.8, 4) is 0 Å². The highest BCUT2D eigenvalue weighted by Crippen LogP contribution is 2.09. The summed E-state index contributed by atoms with van der Waals surface area (Å²) < 4.78 is 0. The molecule has 1 fully saturated rings. The lowest BCUT2D eigenvalue weighted by atomic mass is 10.2. The zero-order valence-corrected chi connectivity index (χ0v) is 9.67. The third-order valence-electron chi connectivity index (χ3n) is 2.93. The summed E-state index contributed by atoms with van der Waals surface area (Å²) in [5.41, 5.74) is 5.75. The zero-order valence-electron chi connectivity index (χ0n) is 9.67. The normalized spacial score (nSPS) is 19.5. The predicted molar refractivity (Wildman–Crippen MR) is 61.7 cm³/mol. The molecule has 1 unspecified atom stereocenters. The van der Waals surface area contributed by atoms with Gasteiger partial charge < -0.3 is 16.0 Å². The summed E-state index contributed by atoms with van der Waals surface area (Å²) in [5, 5.41) is 2.89. The number of hydrogen-bond donors (Lipinski definition) is 2. The van der Waals surface area contributed by atoms with Gasteiger partial charge in [-0.3, -0.25) is 0 Å². The molecule has 0 aromatic heterocycles. The SMILES string of the molecule is CCC(N)CNC(=O)N1CCCCCC1. The van der Waals surface area contributed by atoms with E-state index in [1.54, 1.807) is 0 Å². The van der Waals surface area contributed by atoms with Gasteiger partial charge in [0.05, 0.1) is 0 Å². The van der Waals surface area contributed by atoms with Crippen molar-refractivity contribution in [2.75, 3.05) is 19.6 Å². The third-order valence-corrected chi connectivity index (χ3v) is 2.93. The average molecular weight is 213 g/mol. The Hall–Kier alpha value is -0.770. The van der Waals surface area contributed by atoms with Crippen LogP contribution in [0.15, 0.2) is 0 Å². The number of nitrogens with one attached hydrogen (secondary N) is 1. The minimum absolute atomic E-state index is 0.0563. The van der Waals surface area contributed by atoms with E-state index in [-0.39, 0.29) is 12.1 Å². The van der Waals surface area contributed by atoms with Crippen molar-refractivity contribution in [2.24, 2.45) is 5.73 Å². The standard InChI is InChI=1S/C11H23N3O/c1-2-10(12)9-13-11(15)14-7-5-3-4-6-8-14/h10H,2-9,12H2,1H3,(H,13,15). The van der Waals surface area contributed by atoms with Gasteiger partial charge in [0.2, 0.25) is 0 Å². The van der Waals surface area contributed by atoms with Crippen LogP contribution in [0.4, 0.5) is 4.79 Å². The molecule has 1 saturated heterocycles. The van der Waals surface area contributed by atoms with E-state index in [2.05, 4.69) is 5.32 Å². The molecule has 0 aromatic carbocycles. The Balaban J connectivity index is 2.25. The predicted octanol–water partition coefficient (Wildman–Crippen LogP) is 1.31. The lowest BCUT2D eigenvalue weighted by Crippen LogP contribution is -2.45. The minimum atomic E-state index is 0.0563. The van der Waals surface area contributed by atoms with Gasteiger partial charge in [0.15, 0.2) is 0 Å². The second-order valence-corrected chi connectivity index (χ2v) is 4.26. The molecule has 1 heterocycles. The van der Waals surface area contributed by atoms with Crippen molar-refractivity contribution in [3.63, 3.8) is 0 Å². The van der Waals surface area contributed by atoms with Crippen LogP contribution in [0.2, 0.25) is 0 Å². The molecule has 88 valence electrons. The second-order valence-electron chi connectivity index (χ2n) is 4.26. The van der Waals surface area contributed by atoms with E-state index in [1.165, 1.54) is 12.8 Å². The van der Waals surface area contributed by atoms with Gasteiger partial charge in [-0.25, -0.2) is 4.79 Å². The van der Waals surface area contributed by atoms with Gasteiger partial charge in [-0.2, -0.15) is 0 Å². The second kappa shape index (κ2) is 6.67. The molecule has 15 heavy (non-hydrogen) atoms. The fourth-order valence-electron chi connectivity index (χ4n) is 1.75. The topological polar surface area (TPSA) is 58.4 Å². The maximum absolute atomic E-state index is 11.7. The van der Waals surface area contributed by atoms with E-state index < -0.39 is 0 Å². The van der Waals surface area contributed by atoms with Crippen LogP contribution < -0.4 is 11.1 Å². The summed E-state index contributed by atoms with van der Waals surface area (Å²) in [6, 6.07) is 0.140. The van der Waals surface area contributed by atoms with Gasteiger partial charge >= 0.3 is 6.03 Å². The van der Waals surface area contributed by atoms with Crippen LogP contribution in [0.25, 0.3) is 0 Å². The van der Waals surface area contributed by atoms with Crippen LogP contribution >= 0.6 is 0 Å². The number of amides is 2. The van der Waals surface area contributed by atoms with Crippen LogP contribution in [0, 0.1) is 0 Å². The Morgan fingerprint density at radius 3 is 2.47 bits per heavy atom. The first-order valence-electron chi connectivity index (χ1n) is 6.02. The molecule has 0 saturated carbocycles. The Morgan fingerprint density at radius 2 is 1.93 bits per heavy atom. The van der Waals surface area contributed by atoms with Gasteiger partial charge in [0.1, 0.15) is 0 Å². The Kier molecular flexibility index (Phi) is 5.47. The van der Waals surface area contributed by atoms with Gasteiger partial charge in [0.25, 0.3) is 0 Å². The van der Waals surface area contributed by atoms with Crippen molar-refractivity contribution >= 4 is 6.03 Å². The summed E-state index contributed by atoms with van der Waals surface area (Å²) in [6.45, 7) is 4.41. The van der Waals surface area contributed by atoms with Gasteiger partial charge in [-0.15, -0.1) is 0 Å². The van der Waals surface area contributed by atoms with Gasteiger partial charge in [-0.1, -0.05) is 19.8 Å². The molecule has 0 bridgehead atoms. The van der Waals surface area contributed by atoms with Crippen LogP contribution in [0.1, 0.15) is 39.0 Å². The van der Waals surface area contributed by atoms with Crippen LogP contribution in [-0.4, -0.2) is 36.6 Å². The van der Waals surface area contributed by atoms with E-state index >= 15 is 0 Å². The minimum Gasteiger partial charge on any atom is -0.336 e. The van der Waals surface area contributed by atoms with E-state index in [0.29, 0.717) is 6.54 Å². The smallest absolute Gasteiger partial charge is 0.317 e. The lowest BCUT2D eigenvalue weighted by molar-refractivity contribution is 0.199. The maximum Gasteiger partial charge on any atom is 0.317 e. The Labute approximate surface area is 92.2 Å². The van der Waals surface area contributed by atoms with Crippen LogP contribution in [0.5, 0.6) is 0 Å². The third kappa shape index (κ3) is 4.51. The average Bonchev–Trinajstić information content (AvgIpc) is 2.53. The maximum atomic E-state index is 11.7. The summed E-state index contributed by atoms with van der Waals surface area (Å²) in [6.07, 6.45) is 5.66. The van der Waals surface area contributed by atoms with Gasteiger partial charge in [0, 0.05) is 25.7 Å². The van der Waals surface area contributed by atoms with Crippen molar-refractivity contribution in [1.29, 1.82) is 0 Å². The van der Waals surface area contributed by atoms with Crippen molar-refractivity contribution < 1.29 is 4.79 Å². The number of carbonyl (C=O) groups excluding carboxylic acids is 1. The largest absolute Gasteiger partial charge is 0.336 e. The molecule has 1 aliphatic rings. The molecular formula is C11H23N3O. The first-order chi connectivity index (χ1) is 7.24. The Bertz CT molecular complexity index is 188. The quantitative estimate of drug-likeness (QED) is 0.742. The van der Waals surface area contributed by atoms with Crippen LogP contribution in [-0.2, 0) is 0 Å². The van der Waals surface area contributed by atoms with E-state index in [1.807, 2.05) is 11.8 Å². The molecule has 1 rings (SSSR count). The first kappa shape index (κ1) is 12.3. The first-order valence-corrected chi connectivity index (χ1v) is 6.02. The number of hydrogen-bond acceptors (Lipinski definition) is 2. The Morgan fingerprint density at radius 1 is 1.33 bits per heavy atom. The van der Waals surface area contributed by atoms with E-state index in [9.17, 15) is 4.79 Å². The number of nitrogens with zero attached hydrogens (tertiary/aromatic N) is 1. The fraction of sp³-hybridized carbons (Fsp3) is 0.909. The summed E-state index contributed by atoms with van der Waals surface area (Å²) in [7, 11) is 0. The molecule has 0 aliphatic carbocycles. The molecule has 0 spiro atoms. The lowest BCUT2D eigenvalue weighted by Gasteiger charge is -2.21. The molecule has 0 aromatic rings. The molecule has 4 nitrogen and oxygen atoms in total. The monoisotopic (exact) mass is 213 g/mol. The molecule has 1 aliphatic heterocycles. The van der Waals surface area contributed by atoms with Crippen molar-refractivity contribution in [1.82, 2.24) is 10.2 Å². The fourth-order valence-corrected chi connectivity index (χ4v) is 1.75. The molecule has 2 amide bonds. The number of rotatable bonds is 3. The van der Waals surface area contributed by atoms with Crippen LogP contribution in [0.3, 0.4) is 0 Å². The highest BCUT2D eigenvalue weighted by Gasteiger charge is 2.15. The van der Waals surface area contributed by atoms with Gasteiger partial charge in [-0.05, 0) is 19.3 Å². The number of urea groups is 1. The number of nitrogens with two attached hydrogens (primary N) is 1. The summed E-state index contributed by atoms with van der Waals surface area (Å²) in [4.78, 5) is 13.6. The molecule has 4 heteroatoms. The number of likely N-dealkylation sites (tertiary alicyclic amines) is 1. The van der Waals surface area contributed by atoms with E-state index in [0.717, 1.165) is 32.4 Å². The molecular weight excluding hydrogens is 190 g/mol. The molecule has 3 N–H and O–H groups in total. The zero-order chi connectivity index (χ0) is 11.1. The highest BCUT2D eigenvalue weighted by molar-refractivity contribution is 5.74. The molecule has 1 atom stereocenters. The summed E-state index contributed by atoms with van der Waals surface area (Å²) >= 11 is 0. The number of carbonyl (C=O) groups is 1. The van der Waals surface area contributed by atoms with Crippen molar-refractivity contribution in [2.45, 2.75) is 45.1 Å². The van der Waals surface area contributed by atoms with Crippen molar-refractivity contribution in [3.05, 3.63) is 0 Å². The molecule has 0 radical (unpaired) electrons.